The van der Waals surface area contributed by atoms with E-state index in [1.54, 1.807) is 0 Å². The zero-order chi connectivity index (χ0) is 9.78. The Kier molecular flexibility index (Phi) is 10.0. The van der Waals surface area contributed by atoms with Gasteiger partial charge in [0.05, 0.1) is 0 Å². The molecule has 0 aliphatic rings. The summed E-state index contributed by atoms with van der Waals surface area (Å²) in [7, 11) is 0. The molecule has 0 aromatic heterocycles. The third-order valence-electron chi connectivity index (χ3n) is 1.56. The van der Waals surface area contributed by atoms with Crippen molar-refractivity contribution in [1.82, 2.24) is 0 Å². The molecule has 0 aromatic carbocycles. The van der Waals surface area contributed by atoms with Crippen molar-refractivity contribution in [2.45, 2.75) is 52.4 Å². The molecule has 0 rings (SSSR count). The van der Waals surface area contributed by atoms with Crippen molar-refractivity contribution in [3.8, 4) is 24.1 Å². The quantitative estimate of drug-likeness (QED) is 0.474. The summed E-state index contributed by atoms with van der Waals surface area (Å²) in [5.74, 6) is 5.80. The third kappa shape index (κ3) is 10.9. The summed E-state index contributed by atoms with van der Waals surface area (Å²) in [6.07, 6.45) is 11.6. The lowest BCUT2D eigenvalue weighted by Crippen LogP contribution is -1.71. The predicted molar refractivity (Wildman–Crippen MR) is 55.7 cm³/mol. The molecule has 0 spiro atoms. The fourth-order valence-electron chi connectivity index (χ4n) is 0.730. The van der Waals surface area contributed by atoms with Crippen LogP contribution in [0.25, 0.3) is 0 Å². The third-order valence-corrected chi connectivity index (χ3v) is 1.56. The van der Waals surface area contributed by atoms with Gasteiger partial charge in [-0.15, -0.1) is 0 Å². The molecule has 0 saturated heterocycles. The van der Waals surface area contributed by atoms with Gasteiger partial charge >= 0.3 is 0 Å². The van der Waals surface area contributed by atoms with Crippen molar-refractivity contribution >= 4 is 0 Å². The van der Waals surface area contributed by atoms with E-state index in [2.05, 4.69) is 37.9 Å². The zero-order valence-corrected chi connectivity index (χ0v) is 8.65. The van der Waals surface area contributed by atoms with E-state index in [0.29, 0.717) is 0 Å². The van der Waals surface area contributed by atoms with Crippen molar-refractivity contribution in [3.63, 3.8) is 0 Å². The van der Waals surface area contributed by atoms with E-state index in [1.807, 2.05) is 0 Å². The summed E-state index contributed by atoms with van der Waals surface area (Å²) in [4.78, 5) is 0. The zero-order valence-electron chi connectivity index (χ0n) is 8.65. The van der Waals surface area contributed by atoms with E-state index in [0.717, 1.165) is 25.7 Å². The van der Waals surface area contributed by atoms with Crippen molar-refractivity contribution in [2.24, 2.45) is 0 Å². The molecule has 0 aliphatic heterocycles. The van der Waals surface area contributed by atoms with Crippen molar-refractivity contribution in [3.05, 3.63) is 0 Å². The van der Waals surface area contributed by atoms with Crippen LogP contribution in [0.15, 0.2) is 0 Å². The van der Waals surface area contributed by atoms with E-state index in [9.17, 15) is 0 Å². The van der Waals surface area contributed by atoms with Crippen molar-refractivity contribution in [2.75, 3.05) is 0 Å². The molecule has 13 heavy (non-hydrogen) atoms. The summed E-state index contributed by atoms with van der Waals surface area (Å²) in [5.41, 5.74) is 0. The molecule has 0 unspecified atom stereocenters. The highest BCUT2D eigenvalue weighted by atomic mass is 16.5. The molecular formula is C12H18O. The second-order valence-electron chi connectivity index (χ2n) is 2.87. The van der Waals surface area contributed by atoms with Crippen molar-refractivity contribution < 1.29 is 4.74 Å². The van der Waals surface area contributed by atoms with E-state index in [4.69, 9.17) is 4.74 Å². The van der Waals surface area contributed by atoms with Gasteiger partial charge in [-0.3, -0.25) is 0 Å². The van der Waals surface area contributed by atoms with Gasteiger partial charge in [0.25, 0.3) is 0 Å². The van der Waals surface area contributed by atoms with E-state index >= 15 is 0 Å². The van der Waals surface area contributed by atoms with E-state index in [-0.39, 0.29) is 0 Å². The van der Waals surface area contributed by atoms with Gasteiger partial charge in [-0.1, -0.05) is 38.5 Å². The number of hydrogen-bond acceptors (Lipinski definition) is 1. The highest BCUT2D eigenvalue weighted by Gasteiger charge is 1.77. The highest BCUT2D eigenvalue weighted by Crippen LogP contribution is 1.91. The predicted octanol–water partition coefficient (Wildman–Crippen LogP) is 3.31. The second-order valence-corrected chi connectivity index (χ2v) is 2.87. The topological polar surface area (TPSA) is 9.23 Å². The SMILES string of the molecule is CCCCC#COC#CCCCC. The molecule has 0 aliphatic carbocycles. The first kappa shape index (κ1) is 11.9. The van der Waals surface area contributed by atoms with Gasteiger partial charge in [-0.25, -0.2) is 0 Å². The Morgan fingerprint density at radius 3 is 1.69 bits per heavy atom. The van der Waals surface area contributed by atoms with Gasteiger partial charge in [0.1, 0.15) is 12.2 Å². The summed E-state index contributed by atoms with van der Waals surface area (Å²) >= 11 is 0. The molecule has 0 atom stereocenters. The van der Waals surface area contributed by atoms with E-state index < -0.39 is 0 Å². The Hall–Kier alpha value is -1.08. The molecule has 1 heteroatoms. The Morgan fingerprint density at radius 2 is 1.31 bits per heavy atom. The summed E-state index contributed by atoms with van der Waals surface area (Å²) < 4.78 is 4.80. The number of unbranched alkanes of at least 4 members (excludes halogenated alkanes) is 4. The Balaban J connectivity index is 3.28. The molecule has 0 bridgehead atoms. The van der Waals surface area contributed by atoms with Crippen molar-refractivity contribution in [1.29, 1.82) is 0 Å². The minimum Gasteiger partial charge on any atom is -0.357 e. The van der Waals surface area contributed by atoms with Crippen LogP contribution in [-0.4, -0.2) is 0 Å². The Bertz CT molecular complexity index is 185. The second kappa shape index (κ2) is 10.9. The lowest BCUT2D eigenvalue weighted by molar-refractivity contribution is 0.477. The van der Waals surface area contributed by atoms with Gasteiger partial charge in [0.15, 0.2) is 0 Å². The molecule has 0 aromatic rings. The average Bonchev–Trinajstić information content (AvgIpc) is 2.16. The first-order valence-electron chi connectivity index (χ1n) is 5.03. The monoisotopic (exact) mass is 178 g/mol. The van der Waals surface area contributed by atoms with Crippen LogP contribution in [0.3, 0.4) is 0 Å². The van der Waals surface area contributed by atoms with Crippen LogP contribution in [0, 0.1) is 24.1 Å². The smallest absolute Gasteiger partial charge is 0.129 e. The Labute approximate surface area is 81.9 Å². The molecule has 1 nitrogen and oxygen atoms in total. The van der Waals surface area contributed by atoms with Gasteiger partial charge < -0.3 is 4.74 Å². The first-order valence-corrected chi connectivity index (χ1v) is 5.03. The molecule has 0 saturated carbocycles. The maximum absolute atomic E-state index is 4.80. The lowest BCUT2D eigenvalue weighted by atomic mass is 10.3. The molecule has 0 fully saturated rings. The van der Waals surface area contributed by atoms with Crippen LogP contribution < -0.4 is 0 Å². The van der Waals surface area contributed by atoms with Crippen LogP contribution in [0.1, 0.15) is 52.4 Å². The van der Waals surface area contributed by atoms with Gasteiger partial charge in [-0.05, 0) is 12.8 Å². The molecule has 0 radical (unpaired) electrons. The standard InChI is InChI=1S/C12H18O/c1-3-5-7-9-11-13-12-10-8-6-4-2/h3-8H2,1-2H3. The summed E-state index contributed by atoms with van der Waals surface area (Å²) in [5, 5.41) is 0. The minimum absolute atomic E-state index is 0.910. The molecule has 0 amide bonds. The van der Waals surface area contributed by atoms with Crippen LogP contribution in [0.5, 0.6) is 0 Å². The lowest BCUT2D eigenvalue weighted by Gasteiger charge is -1.83. The largest absolute Gasteiger partial charge is 0.357 e. The number of ether oxygens (including phenoxy) is 1. The maximum atomic E-state index is 4.80. The molecule has 0 heterocycles. The van der Waals surface area contributed by atoms with E-state index in [1.165, 1.54) is 12.8 Å². The minimum atomic E-state index is 0.910. The van der Waals surface area contributed by atoms with Crippen LogP contribution >= 0.6 is 0 Å². The van der Waals surface area contributed by atoms with Gasteiger partial charge in [0.2, 0.25) is 0 Å². The van der Waals surface area contributed by atoms with Crippen LogP contribution in [-0.2, 0) is 4.74 Å². The summed E-state index contributed by atoms with van der Waals surface area (Å²) in [6.45, 7) is 4.29. The number of rotatable bonds is 4. The first-order chi connectivity index (χ1) is 6.41. The Morgan fingerprint density at radius 1 is 0.846 bits per heavy atom. The fourth-order valence-corrected chi connectivity index (χ4v) is 0.730. The van der Waals surface area contributed by atoms with Crippen LogP contribution in [0.2, 0.25) is 0 Å². The molecule has 72 valence electrons. The average molecular weight is 178 g/mol. The highest BCUT2D eigenvalue weighted by molar-refractivity contribution is 4.98. The number of hydrogen-bond donors (Lipinski definition) is 0. The molecular weight excluding hydrogens is 160 g/mol. The molecule has 0 N–H and O–H groups in total. The van der Waals surface area contributed by atoms with Gasteiger partial charge in [0, 0.05) is 12.8 Å². The fraction of sp³-hybridized carbons (Fsp3) is 0.667. The maximum Gasteiger partial charge on any atom is 0.129 e. The van der Waals surface area contributed by atoms with Crippen LogP contribution in [0.4, 0.5) is 0 Å². The normalized spacial score (nSPS) is 7.85. The van der Waals surface area contributed by atoms with Gasteiger partial charge in [-0.2, -0.15) is 0 Å². The summed E-state index contributed by atoms with van der Waals surface area (Å²) in [6, 6.07) is 0.